The number of nitro groups is 1. The summed E-state index contributed by atoms with van der Waals surface area (Å²) in [5, 5.41) is 25.1. The Bertz CT molecular complexity index is 718. The van der Waals surface area contributed by atoms with Crippen molar-refractivity contribution in [2.75, 3.05) is 17.2 Å². The molecule has 9 nitrogen and oxygen atoms in total. The number of benzene rings is 1. The van der Waals surface area contributed by atoms with Crippen LogP contribution < -0.4 is 10.0 Å². The third kappa shape index (κ3) is 3.59. The maximum atomic E-state index is 12.1. The fourth-order valence-corrected chi connectivity index (χ4v) is 3.39. The topological polar surface area (TPSA) is 144 Å². The van der Waals surface area contributed by atoms with E-state index in [0.29, 0.717) is 5.56 Å². The Labute approximate surface area is 126 Å². The summed E-state index contributed by atoms with van der Waals surface area (Å²) >= 11 is 0. The quantitative estimate of drug-likeness (QED) is 0.562. The average Bonchev–Trinajstić information content (AvgIpc) is 2.76. The van der Waals surface area contributed by atoms with Gasteiger partial charge in [0.1, 0.15) is 0 Å². The van der Waals surface area contributed by atoms with Gasteiger partial charge in [0.2, 0.25) is 15.9 Å². The first-order valence-electron chi connectivity index (χ1n) is 6.40. The van der Waals surface area contributed by atoms with E-state index in [0.717, 1.165) is 0 Å². The Morgan fingerprint density at radius 2 is 2.14 bits per heavy atom. The summed E-state index contributed by atoms with van der Waals surface area (Å²) in [5.74, 6) is -1.17. The van der Waals surface area contributed by atoms with E-state index in [1.807, 2.05) is 0 Å². The zero-order valence-corrected chi connectivity index (χ0v) is 12.3. The van der Waals surface area contributed by atoms with E-state index in [-0.39, 0.29) is 36.0 Å². The minimum atomic E-state index is -3.71. The van der Waals surface area contributed by atoms with Crippen LogP contribution in [0, 0.1) is 16.0 Å². The Hall–Kier alpha value is -2.04. The highest BCUT2D eigenvalue weighted by Gasteiger charge is 2.34. The standard InChI is InChI=1S/C12H15N3O6S/c13-22(20,21)7-8-3-12(17)14(5-8)11-4-10(15(18)19)2-1-9(11)6-16/h1-2,4,8,16H,3,5-7H2,(H2,13,20,21). The minimum Gasteiger partial charge on any atom is -0.392 e. The predicted octanol–water partition coefficient (Wildman–Crippen LogP) is -0.271. The molecule has 0 aromatic heterocycles. The second-order valence-electron chi connectivity index (χ2n) is 5.13. The van der Waals surface area contributed by atoms with E-state index < -0.39 is 27.5 Å². The number of sulfonamides is 1. The molecule has 1 aromatic carbocycles. The van der Waals surface area contributed by atoms with Gasteiger partial charge in [-0.2, -0.15) is 0 Å². The maximum absolute atomic E-state index is 12.1. The second kappa shape index (κ2) is 5.99. The lowest BCUT2D eigenvalue weighted by molar-refractivity contribution is -0.384. The molecule has 1 aliphatic heterocycles. The van der Waals surface area contributed by atoms with Gasteiger partial charge in [-0.25, -0.2) is 13.6 Å². The van der Waals surface area contributed by atoms with Gasteiger partial charge in [-0.15, -0.1) is 0 Å². The van der Waals surface area contributed by atoms with E-state index >= 15 is 0 Å². The lowest BCUT2D eigenvalue weighted by Crippen LogP contribution is -2.28. The molecular weight excluding hydrogens is 314 g/mol. The number of aliphatic hydroxyl groups is 1. The first-order valence-corrected chi connectivity index (χ1v) is 8.12. The molecular formula is C12H15N3O6S. The number of amides is 1. The lowest BCUT2D eigenvalue weighted by atomic mass is 10.1. The number of nitrogens with zero attached hydrogens (tertiary/aromatic N) is 2. The molecule has 120 valence electrons. The summed E-state index contributed by atoms with van der Waals surface area (Å²) in [4.78, 5) is 23.6. The van der Waals surface area contributed by atoms with Crippen LogP contribution in [0.1, 0.15) is 12.0 Å². The molecule has 1 unspecified atom stereocenters. The van der Waals surface area contributed by atoms with E-state index in [1.54, 1.807) is 0 Å². The number of nitro benzene ring substituents is 1. The molecule has 10 heteroatoms. The van der Waals surface area contributed by atoms with Crippen LogP contribution in [0.15, 0.2) is 18.2 Å². The third-order valence-electron chi connectivity index (χ3n) is 3.41. The predicted molar refractivity (Wildman–Crippen MR) is 77.5 cm³/mol. The van der Waals surface area contributed by atoms with Gasteiger partial charge in [-0.05, 0) is 6.07 Å². The van der Waals surface area contributed by atoms with Crippen molar-refractivity contribution in [1.82, 2.24) is 0 Å². The Kier molecular flexibility index (Phi) is 4.44. The molecule has 1 saturated heterocycles. The lowest BCUT2D eigenvalue weighted by Gasteiger charge is -2.19. The van der Waals surface area contributed by atoms with Crippen molar-refractivity contribution in [3.63, 3.8) is 0 Å². The van der Waals surface area contributed by atoms with Crippen LogP contribution in [-0.4, -0.2) is 36.7 Å². The van der Waals surface area contributed by atoms with Crippen LogP contribution in [-0.2, 0) is 21.4 Å². The normalized spacial score (nSPS) is 18.7. The van der Waals surface area contributed by atoms with Gasteiger partial charge >= 0.3 is 0 Å². The average molecular weight is 329 g/mol. The summed E-state index contributed by atoms with van der Waals surface area (Å²) in [6.45, 7) is -0.305. The fraction of sp³-hybridized carbons (Fsp3) is 0.417. The van der Waals surface area contributed by atoms with Gasteiger partial charge in [-0.1, -0.05) is 0 Å². The summed E-state index contributed by atoms with van der Waals surface area (Å²) in [6.07, 6.45) is -0.00993. The first kappa shape index (κ1) is 16.3. The van der Waals surface area contributed by atoms with E-state index in [2.05, 4.69) is 0 Å². The van der Waals surface area contributed by atoms with Crippen molar-refractivity contribution >= 4 is 27.3 Å². The zero-order valence-electron chi connectivity index (χ0n) is 11.5. The highest BCUT2D eigenvalue weighted by atomic mass is 32.2. The van der Waals surface area contributed by atoms with Crippen molar-refractivity contribution in [3.8, 4) is 0 Å². The number of non-ortho nitro benzene ring substituents is 1. The third-order valence-corrected chi connectivity index (χ3v) is 4.35. The van der Waals surface area contributed by atoms with Crippen molar-refractivity contribution in [1.29, 1.82) is 0 Å². The molecule has 1 amide bonds. The molecule has 0 spiro atoms. The SMILES string of the molecule is NS(=O)(=O)CC1CC(=O)N(c2cc([N+](=O)[O-])ccc2CO)C1. The van der Waals surface area contributed by atoms with Crippen LogP contribution >= 0.6 is 0 Å². The Balaban J connectivity index is 2.33. The molecule has 1 fully saturated rings. The largest absolute Gasteiger partial charge is 0.392 e. The number of nitrogens with two attached hydrogens (primary N) is 1. The highest BCUT2D eigenvalue weighted by Crippen LogP contribution is 2.31. The van der Waals surface area contributed by atoms with Gasteiger partial charge in [0.25, 0.3) is 5.69 Å². The number of hydrogen-bond acceptors (Lipinski definition) is 6. The maximum Gasteiger partial charge on any atom is 0.271 e. The number of aliphatic hydroxyl groups excluding tert-OH is 1. The molecule has 1 aromatic rings. The molecule has 22 heavy (non-hydrogen) atoms. The van der Waals surface area contributed by atoms with Crippen LogP contribution in [0.3, 0.4) is 0 Å². The minimum absolute atomic E-state index is 0.00993. The van der Waals surface area contributed by atoms with Gasteiger partial charge in [0, 0.05) is 36.6 Å². The zero-order chi connectivity index (χ0) is 16.5. The molecule has 3 N–H and O–H groups in total. The molecule has 0 bridgehead atoms. The van der Waals surface area contributed by atoms with Crippen molar-refractivity contribution in [2.45, 2.75) is 13.0 Å². The van der Waals surface area contributed by atoms with E-state index in [4.69, 9.17) is 5.14 Å². The van der Waals surface area contributed by atoms with Crippen LogP contribution in [0.2, 0.25) is 0 Å². The van der Waals surface area contributed by atoms with E-state index in [1.165, 1.54) is 23.1 Å². The van der Waals surface area contributed by atoms with Gasteiger partial charge < -0.3 is 10.0 Å². The summed E-state index contributed by atoms with van der Waals surface area (Å²) in [7, 11) is -3.71. The van der Waals surface area contributed by atoms with Gasteiger partial charge in [0.05, 0.1) is 23.0 Å². The van der Waals surface area contributed by atoms with E-state index in [9.17, 15) is 28.4 Å². The number of primary sulfonamides is 1. The van der Waals surface area contributed by atoms with Crippen molar-refractivity contribution in [2.24, 2.45) is 11.1 Å². The number of carbonyl (C=O) groups is 1. The van der Waals surface area contributed by atoms with Gasteiger partial charge in [0.15, 0.2) is 0 Å². The molecule has 1 aliphatic rings. The number of carbonyl (C=O) groups excluding carboxylic acids is 1. The summed E-state index contributed by atoms with van der Waals surface area (Å²) in [6, 6.07) is 3.80. The Morgan fingerprint density at radius 1 is 1.45 bits per heavy atom. The first-order chi connectivity index (χ1) is 10.2. The fourth-order valence-electron chi connectivity index (χ4n) is 2.51. The van der Waals surface area contributed by atoms with Gasteiger partial charge in [-0.3, -0.25) is 14.9 Å². The number of rotatable bonds is 5. The number of anilines is 1. The summed E-state index contributed by atoms with van der Waals surface area (Å²) < 4.78 is 22.2. The molecule has 0 saturated carbocycles. The van der Waals surface area contributed by atoms with Crippen LogP contribution in [0.25, 0.3) is 0 Å². The molecule has 0 aliphatic carbocycles. The van der Waals surface area contributed by atoms with Crippen LogP contribution in [0.5, 0.6) is 0 Å². The molecule has 1 heterocycles. The monoisotopic (exact) mass is 329 g/mol. The van der Waals surface area contributed by atoms with Crippen LogP contribution in [0.4, 0.5) is 11.4 Å². The number of hydrogen-bond donors (Lipinski definition) is 2. The smallest absolute Gasteiger partial charge is 0.271 e. The molecule has 1 atom stereocenters. The Morgan fingerprint density at radius 3 is 2.68 bits per heavy atom. The summed E-state index contributed by atoms with van der Waals surface area (Å²) in [5.41, 5.74) is 0.365. The molecule has 0 radical (unpaired) electrons. The highest BCUT2D eigenvalue weighted by molar-refractivity contribution is 7.89. The van der Waals surface area contributed by atoms with Crippen molar-refractivity contribution < 1.29 is 23.2 Å². The molecule has 2 rings (SSSR count). The van der Waals surface area contributed by atoms with Crippen molar-refractivity contribution in [3.05, 3.63) is 33.9 Å². The second-order valence-corrected chi connectivity index (χ2v) is 6.79.